The van der Waals surface area contributed by atoms with Gasteiger partial charge in [-0.25, -0.2) is 0 Å². The largest absolute Gasteiger partial charge is 0.383 e. The molecular weight excluding hydrogens is 176 g/mol. The van der Waals surface area contributed by atoms with Gasteiger partial charge in [0.05, 0.1) is 0 Å². The Morgan fingerprint density at radius 1 is 1.50 bits per heavy atom. The number of rotatable bonds is 3. The summed E-state index contributed by atoms with van der Waals surface area (Å²) in [4.78, 5) is 17.4. The van der Waals surface area contributed by atoms with Crippen molar-refractivity contribution in [2.75, 3.05) is 14.1 Å². The highest BCUT2D eigenvalue weighted by atomic mass is 16.1. The van der Waals surface area contributed by atoms with E-state index in [1.807, 2.05) is 32.0 Å². The SMILES string of the molecule is Cc1ccncc1C(=O)/C=C/N(C)C. The Morgan fingerprint density at radius 2 is 2.21 bits per heavy atom. The maximum absolute atomic E-state index is 11.6. The van der Waals surface area contributed by atoms with E-state index in [-0.39, 0.29) is 5.78 Å². The van der Waals surface area contributed by atoms with Gasteiger partial charge in [0.1, 0.15) is 0 Å². The minimum absolute atomic E-state index is 0.00991. The third kappa shape index (κ3) is 2.69. The van der Waals surface area contributed by atoms with E-state index < -0.39 is 0 Å². The highest BCUT2D eigenvalue weighted by molar-refractivity contribution is 6.05. The van der Waals surface area contributed by atoms with Crippen LogP contribution in [0, 0.1) is 6.92 Å². The van der Waals surface area contributed by atoms with Crippen LogP contribution >= 0.6 is 0 Å². The number of pyridine rings is 1. The highest BCUT2D eigenvalue weighted by Crippen LogP contribution is 2.06. The molecule has 0 amide bonds. The quantitative estimate of drug-likeness (QED) is 0.536. The molecule has 0 atom stereocenters. The first-order valence-corrected chi connectivity index (χ1v) is 4.41. The smallest absolute Gasteiger partial charge is 0.189 e. The number of ketones is 1. The number of allylic oxidation sites excluding steroid dienone is 1. The van der Waals surface area contributed by atoms with Crippen molar-refractivity contribution < 1.29 is 4.79 Å². The van der Waals surface area contributed by atoms with Gasteiger partial charge in [0.2, 0.25) is 0 Å². The lowest BCUT2D eigenvalue weighted by molar-refractivity contribution is 0.104. The molecule has 3 heteroatoms. The predicted octanol–water partition coefficient (Wildman–Crippen LogP) is 1.65. The fourth-order valence-corrected chi connectivity index (χ4v) is 1.03. The topological polar surface area (TPSA) is 33.2 Å². The van der Waals surface area contributed by atoms with Crippen LogP contribution in [0.2, 0.25) is 0 Å². The summed E-state index contributed by atoms with van der Waals surface area (Å²) in [6.45, 7) is 1.90. The van der Waals surface area contributed by atoms with Crippen molar-refractivity contribution >= 4 is 5.78 Å². The molecule has 74 valence electrons. The maximum atomic E-state index is 11.6. The van der Waals surface area contributed by atoms with E-state index >= 15 is 0 Å². The van der Waals surface area contributed by atoms with Gasteiger partial charge in [0, 0.05) is 44.3 Å². The van der Waals surface area contributed by atoms with Gasteiger partial charge in [-0.05, 0) is 18.6 Å². The molecule has 1 aromatic heterocycles. The molecule has 0 N–H and O–H groups in total. The van der Waals surface area contributed by atoms with Crippen LogP contribution in [0.4, 0.5) is 0 Å². The Bertz CT molecular complexity index is 356. The lowest BCUT2D eigenvalue weighted by Crippen LogP contribution is -2.04. The molecule has 0 saturated carbocycles. The van der Waals surface area contributed by atoms with Gasteiger partial charge in [-0.3, -0.25) is 9.78 Å². The van der Waals surface area contributed by atoms with Gasteiger partial charge < -0.3 is 4.90 Å². The van der Waals surface area contributed by atoms with E-state index in [1.54, 1.807) is 24.7 Å². The maximum Gasteiger partial charge on any atom is 0.189 e. The summed E-state index contributed by atoms with van der Waals surface area (Å²) in [7, 11) is 3.75. The van der Waals surface area contributed by atoms with Crippen LogP contribution < -0.4 is 0 Å². The van der Waals surface area contributed by atoms with Crippen LogP contribution in [0.5, 0.6) is 0 Å². The van der Waals surface area contributed by atoms with Gasteiger partial charge >= 0.3 is 0 Å². The van der Waals surface area contributed by atoms with Crippen LogP contribution in [0.25, 0.3) is 0 Å². The Kier molecular flexibility index (Phi) is 3.40. The van der Waals surface area contributed by atoms with Crippen LogP contribution in [-0.2, 0) is 0 Å². The molecule has 1 aromatic rings. The van der Waals surface area contributed by atoms with Crippen LogP contribution in [0.15, 0.2) is 30.7 Å². The lowest BCUT2D eigenvalue weighted by atomic mass is 10.1. The molecule has 0 spiro atoms. The molecule has 0 aliphatic heterocycles. The first-order valence-electron chi connectivity index (χ1n) is 4.41. The Morgan fingerprint density at radius 3 is 2.79 bits per heavy atom. The molecule has 1 rings (SSSR count). The Balaban J connectivity index is 2.85. The highest BCUT2D eigenvalue weighted by Gasteiger charge is 2.04. The first-order chi connectivity index (χ1) is 6.61. The molecule has 3 nitrogen and oxygen atoms in total. The van der Waals surface area contributed by atoms with Crippen molar-refractivity contribution in [2.45, 2.75) is 6.92 Å². The molecule has 0 saturated heterocycles. The van der Waals surface area contributed by atoms with Gasteiger partial charge in [-0.2, -0.15) is 0 Å². The fraction of sp³-hybridized carbons (Fsp3) is 0.273. The summed E-state index contributed by atoms with van der Waals surface area (Å²) >= 11 is 0. The van der Waals surface area contributed by atoms with E-state index in [2.05, 4.69) is 4.98 Å². The van der Waals surface area contributed by atoms with E-state index in [4.69, 9.17) is 0 Å². The molecule has 0 aliphatic carbocycles. The van der Waals surface area contributed by atoms with Crippen molar-refractivity contribution in [1.82, 2.24) is 9.88 Å². The van der Waals surface area contributed by atoms with E-state index in [0.29, 0.717) is 5.56 Å². The predicted molar refractivity (Wildman–Crippen MR) is 56.1 cm³/mol. The molecule has 0 fully saturated rings. The molecule has 0 bridgehead atoms. The summed E-state index contributed by atoms with van der Waals surface area (Å²) in [5.74, 6) is -0.00991. The second kappa shape index (κ2) is 4.56. The summed E-state index contributed by atoms with van der Waals surface area (Å²) in [6, 6.07) is 1.83. The number of carbonyl (C=O) groups excluding carboxylic acids is 1. The summed E-state index contributed by atoms with van der Waals surface area (Å²) < 4.78 is 0. The summed E-state index contributed by atoms with van der Waals surface area (Å²) in [5.41, 5.74) is 1.61. The average Bonchev–Trinajstić information content (AvgIpc) is 2.15. The monoisotopic (exact) mass is 190 g/mol. The number of aryl methyl sites for hydroxylation is 1. The molecule has 0 unspecified atom stereocenters. The van der Waals surface area contributed by atoms with Crippen molar-refractivity contribution in [1.29, 1.82) is 0 Å². The lowest BCUT2D eigenvalue weighted by Gasteiger charge is -2.03. The molecule has 0 radical (unpaired) electrons. The third-order valence-corrected chi connectivity index (χ3v) is 1.83. The fourth-order valence-electron chi connectivity index (χ4n) is 1.03. The molecule has 14 heavy (non-hydrogen) atoms. The van der Waals surface area contributed by atoms with Crippen molar-refractivity contribution in [2.24, 2.45) is 0 Å². The van der Waals surface area contributed by atoms with Gasteiger partial charge in [0.15, 0.2) is 5.78 Å². The van der Waals surface area contributed by atoms with Crippen LogP contribution in [0.3, 0.4) is 0 Å². The van der Waals surface area contributed by atoms with E-state index in [1.165, 1.54) is 0 Å². The second-order valence-corrected chi connectivity index (χ2v) is 3.33. The van der Waals surface area contributed by atoms with Gasteiger partial charge in [-0.1, -0.05) is 0 Å². The van der Waals surface area contributed by atoms with Crippen molar-refractivity contribution in [3.63, 3.8) is 0 Å². The zero-order valence-corrected chi connectivity index (χ0v) is 8.69. The number of nitrogens with zero attached hydrogens (tertiary/aromatic N) is 2. The number of hydrogen-bond acceptors (Lipinski definition) is 3. The van der Waals surface area contributed by atoms with Crippen LogP contribution in [-0.4, -0.2) is 29.8 Å². The number of aromatic nitrogens is 1. The molecular formula is C11H14N2O. The average molecular weight is 190 g/mol. The third-order valence-electron chi connectivity index (χ3n) is 1.83. The number of hydrogen-bond donors (Lipinski definition) is 0. The van der Waals surface area contributed by atoms with E-state index in [0.717, 1.165) is 5.56 Å². The van der Waals surface area contributed by atoms with Crippen molar-refractivity contribution in [3.8, 4) is 0 Å². The first kappa shape index (κ1) is 10.4. The molecule has 1 heterocycles. The number of carbonyl (C=O) groups is 1. The Labute approximate surface area is 84.1 Å². The van der Waals surface area contributed by atoms with Gasteiger partial charge in [0.25, 0.3) is 0 Å². The molecule has 0 aromatic carbocycles. The zero-order chi connectivity index (χ0) is 10.6. The standard InChI is InChI=1S/C11H14N2O/c1-9-4-6-12-8-10(9)11(14)5-7-13(2)3/h4-8H,1-3H3/b7-5+. The summed E-state index contributed by atoms with van der Waals surface area (Å²) in [6.07, 6.45) is 6.55. The minimum atomic E-state index is -0.00991. The zero-order valence-electron chi connectivity index (χ0n) is 8.69. The minimum Gasteiger partial charge on any atom is -0.383 e. The van der Waals surface area contributed by atoms with Crippen LogP contribution in [0.1, 0.15) is 15.9 Å². The Hall–Kier alpha value is -1.64. The van der Waals surface area contributed by atoms with Crippen molar-refractivity contribution in [3.05, 3.63) is 41.9 Å². The molecule has 0 aliphatic rings. The normalized spacial score (nSPS) is 10.5. The second-order valence-electron chi connectivity index (χ2n) is 3.33. The summed E-state index contributed by atoms with van der Waals surface area (Å²) in [5, 5.41) is 0. The van der Waals surface area contributed by atoms with E-state index in [9.17, 15) is 4.79 Å². The van der Waals surface area contributed by atoms with Gasteiger partial charge in [-0.15, -0.1) is 0 Å².